The van der Waals surface area contributed by atoms with Crippen molar-refractivity contribution in [1.29, 1.82) is 0 Å². The first-order chi connectivity index (χ1) is 6.87. The van der Waals surface area contributed by atoms with E-state index in [1.54, 1.807) is 0 Å². The van der Waals surface area contributed by atoms with E-state index in [4.69, 9.17) is 5.73 Å². The molecule has 1 saturated carbocycles. The Labute approximate surface area is 85.5 Å². The van der Waals surface area contributed by atoms with Crippen LogP contribution >= 0.6 is 0 Å². The topological polar surface area (TPSA) is 38.9 Å². The summed E-state index contributed by atoms with van der Waals surface area (Å²) < 4.78 is 0. The van der Waals surface area contributed by atoms with Crippen molar-refractivity contribution >= 4 is 0 Å². The summed E-state index contributed by atoms with van der Waals surface area (Å²) in [6.45, 7) is 0.775. The van der Waals surface area contributed by atoms with Crippen LogP contribution in [0.3, 0.4) is 0 Å². The molecule has 0 spiro atoms. The number of hydrogen-bond acceptors (Lipinski definition) is 2. The Kier molecular flexibility index (Phi) is 2.82. The van der Waals surface area contributed by atoms with E-state index in [-0.39, 0.29) is 5.41 Å². The number of hydrogen-bond donors (Lipinski definition) is 1. The summed E-state index contributed by atoms with van der Waals surface area (Å²) >= 11 is 0. The Hall–Kier alpha value is -0.890. The first-order valence-corrected chi connectivity index (χ1v) is 5.48. The molecule has 76 valence electrons. The number of aromatic nitrogens is 1. The van der Waals surface area contributed by atoms with E-state index < -0.39 is 0 Å². The number of nitrogens with zero attached hydrogens (tertiary/aromatic N) is 1. The zero-order valence-electron chi connectivity index (χ0n) is 8.58. The van der Waals surface area contributed by atoms with Crippen molar-refractivity contribution in [3.05, 3.63) is 30.1 Å². The molecule has 1 aromatic rings. The molecule has 2 nitrogen and oxygen atoms in total. The minimum absolute atomic E-state index is 0.251. The molecule has 0 atom stereocenters. The van der Waals surface area contributed by atoms with Crippen LogP contribution in [0.1, 0.15) is 37.7 Å². The molecule has 14 heavy (non-hydrogen) atoms. The normalized spacial score (nSPS) is 20.6. The van der Waals surface area contributed by atoms with Gasteiger partial charge >= 0.3 is 0 Å². The van der Waals surface area contributed by atoms with Crippen molar-refractivity contribution in [2.24, 2.45) is 5.73 Å². The van der Waals surface area contributed by atoms with Crippen LogP contribution in [0.25, 0.3) is 0 Å². The van der Waals surface area contributed by atoms with E-state index in [0.29, 0.717) is 0 Å². The van der Waals surface area contributed by atoms with Crippen LogP contribution in [-0.2, 0) is 5.41 Å². The Morgan fingerprint density at radius 1 is 1.14 bits per heavy atom. The van der Waals surface area contributed by atoms with E-state index in [0.717, 1.165) is 6.54 Å². The summed E-state index contributed by atoms with van der Waals surface area (Å²) in [6.07, 6.45) is 10.2. The molecule has 0 aliphatic heterocycles. The molecule has 1 aliphatic rings. The zero-order valence-corrected chi connectivity index (χ0v) is 8.58. The summed E-state index contributed by atoms with van der Waals surface area (Å²) in [5, 5.41) is 0. The van der Waals surface area contributed by atoms with Gasteiger partial charge < -0.3 is 5.73 Å². The lowest BCUT2D eigenvalue weighted by Gasteiger charge is -2.36. The maximum absolute atomic E-state index is 5.95. The third-order valence-electron chi connectivity index (χ3n) is 3.49. The van der Waals surface area contributed by atoms with Crippen molar-refractivity contribution in [1.82, 2.24) is 4.98 Å². The summed E-state index contributed by atoms with van der Waals surface area (Å²) in [6, 6.07) is 4.25. The quantitative estimate of drug-likeness (QED) is 0.776. The predicted octanol–water partition coefficient (Wildman–Crippen LogP) is 2.24. The van der Waals surface area contributed by atoms with Gasteiger partial charge in [0.15, 0.2) is 0 Å². The van der Waals surface area contributed by atoms with Gasteiger partial charge in [-0.1, -0.05) is 19.3 Å². The maximum Gasteiger partial charge on any atom is 0.0270 e. The molecular weight excluding hydrogens is 172 g/mol. The standard InChI is InChI=1S/C12H18N2/c13-10-12(6-2-1-3-7-12)11-4-8-14-9-5-11/h4-5,8-9H,1-3,6-7,10,13H2. The second-order valence-corrected chi connectivity index (χ2v) is 4.28. The average molecular weight is 190 g/mol. The SMILES string of the molecule is NCC1(c2ccncc2)CCCCC1. The van der Waals surface area contributed by atoms with E-state index >= 15 is 0 Å². The highest BCUT2D eigenvalue weighted by Gasteiger charge is 2.32. The molecule has 1 aromatic heterocycles. The summed E-state index contributed by atoms with van der Waals surface area (Å²) in [7, 11) is 0. The predicted molar refractivity (Wildman–Crippen MR) is 58.1 cm³/mol. The fourth-order valence-corrected chi connectivity index (χ4v) is 2.54. The van der Waals surface area contributed by atoms with E-state index in [2.05, 4.69) is 17.1 Å². The van der Waals surface area contributed by atoms with E-state index in [1.807, 2.05) is 12.4 Å². The van der Waals surface area contributed by atoms with Gasteiger partial charge in [0.1, 0.15) is 0 Å². The molecule has 0 aromatic carbocycles. The number of pyridine rings is 1. The number of rotatable bonds is 2. The highest BCUT2D eigenvalue weighted by molar-refractivity contribution is 5.24. The second-order valence-electron chi connectivity index (χ2n) is 4.28. The molecule has 2 N–H and O–H groups in total. The van der Waals surface area contributed by atoms with Gasteiger partial charge in [-0.25, -0.2) is 0 Å². The van der Waals surface area contributed by atoms with Crippen molar-refractivity contribution in [3.63, 3.8) is 0 Å². The van der Waals surface area contributed by atoms with Crippen LogP contribution < -0.4 is 5.73 Å². The smallest absolute Gasteiger partial charge is 0.0270 e. The lowest BCUT2D eigenvalue weighted by atomic mass is 9.70. The van der Waals surface area contributed by atoms with Crippen molar-refractivity contribution in [2.75, 3.05) is 6.54 Å². The Morgan fingerprint density at radius 3 is 2.36 bits per heavy atom. The minimum atomic E-state index is 0.251. The minimum Gasteiger partial charge on any atom is -0.330 e. The summed E-state index contributed by atoms with van der Waals surface area (Å²) in [4.78, 5) is 4.06. The van der Waals surface area contributed by atoms with E-state index in [9.17, 15) is 0 Å². The monoisotopic (exact) mass is 190 g/mol. The zero-order chi connectivity index (χ0) is 9.86. The second kappa shape index (κ2) is 4.09. The third kappa shape index (κ3) is 1.67. The summed E-state index contributed by atoms with van der Waals surface area (Å²) in [5.74, 6) is 0. The van der Waals surface area contributed by atoms with Gasteiger partial charge in [-0.2, -0.15) is 0 Å². The maximum atomic E-state index is 5.95. The molecule has 0 amide bonds. The molecule has 1 heterocycles. The molecule has 2 heteroatoms. The van der Waals surface area contributed by atoms with Crippen LogP contribution in [0.2, 0.25) is 0 Å². The van der Waals surface area contributed by atoms with Gasteiger partial charge in [0.25, 0.3) is 0 Å². The lowest BCUT2D eigenvalue weighted by molar-refractivity contribution is 0.300. The Balaban J connectivity index is 2.27. The highest BCUT2D eigenvalue weighted by Crippen LogP contribution is 2.38. The molecule has 2 rings (SSSR count). The van der Waals surface area contributed by atoms with Gasteiger partial charge in [0.2, 0.25) is 0 Å². The number of nitrogens with two attached hydrogens (primary N) is 1. The fourth-order valence-electron chi connectivity index (χ4n) is 2.54. The highest BCUT2D eigenvalue weighted by atomic mass is 14.6. The van der Waals surface area contributed by atoms with Crippen LogP contribution in [0.15, 0.2) is 24.5 Å². The third-order valence-corrected chi connectivity index (χ3v) is 3.49. The van der Waals surface area contributed by atoms with Crippen LogP contribution in [-0.4, -0.2) is 11.5 Å². The fraction of sp³-hybridized carbons (Fsp3) is 0.583. The van der Waals surface area contributed by atoms with Crippen LogP contribution in [0.5, 0.6) is 0 Å². The average Bonchev–Trinajstić information content (AvgIpc) is 2.31. The van der Waals surface area contributed by atoms with Gasteiger partial charge in [0, 0.05) is 24.4 Å². The van der Waals surface area contributed by atoms with Crippen molar-refractivity contribution < 1.29 is 0 Å². The molecule has 1 fully saturated rings. The van der Waals surface area contributed by atoms with Crippen molar-refractivity contribution in [2.45, 2.75) is 37.5 Å². The molecule has 0 saturated heterocycles. The largest absolute Gasteiger partial charge is 0.330 e. The lowest BCUT2D eigenvalue weighted by Crippen LogP contribution is -2.37. The Bertz CT molecular complexity index is 276. The molecule has 0 radical (unpaired) electrons. The molecule has 0 bridgehead atoms. The van der Waals surface area contributed by atoms with E-state index in [1.165, 1.54) is 37.7 Å². The van der Waals surface area contributed by atoms with Gasteiger partial charge in [-0.3, -0.25) is 4.98 Å². The summed E-state index contributed by atoms with van der Waals surface area (Å²) in [5.41, 5.74) is 7.59. The van der Waals surface area contributed by atoms with Gasteiger partial charge in [0.05, 0.1) is 0 Å². The first-order valence-electron chi connectivity index (χ1n) is 5.48. The van der Waals surface area contributed by atoms with Crippen molar-refractivity contribution in [3.8, 4) is 0 Å². The van der Waals surface area contributed by atoms with Crippen LogP contribution in [0.4, 0.5) is 0 Å². The molecular formula is C12H18N2. The molecule has 0 unspecified atom stereocenters. The van der Waals surface area contributed by atoms with Gasteiger partial charge in [-0.05, 0) is 30.5 Å². The Morgan fingerprint density at radius 2 is 1.79 bits per heavy atom. The van der Waals surface area contributed by atoms with Crippen LogP contribution in [0, 0.1) is 0 Å². The first kappa shape index (κ1) is 9.66. The van der Waals surface area contributed by atoms with Gasteiger partial charge in [-0.15, -0.1) is 0 Å². The molecule has 1 aliphatic carbocycles.